The van der Waals surface area contributed by atoms with Crippen LogP contribution in [0.3, 0.4) is 0 Å². The van der Waals surface area contributed by atoms with Gasteiger partial charge in [0.25, 0.3) is 0 Å². The maximum Gasteiger partial charge on any atom is 0.230 e. The minimum absolute atomic E-state index is 0.0912. The Morgan fingerprint density at radius 2 is 2.27 bits per heavy atom. The zero-order valence-electron chi connectivity index (χ0n) is 14.5. The fraction of sp³-hybridized carbons (Fsp3) is 0.471. The number of piperidine rings is 1. The Bertz CT molecular complexity index is 909. The van der Waals surface area contributed by atoms with Gasteiger partial charge in [-0.1, -0.05) is 18.3 Å². The molecule has 138 valence electrons. The van der Waals surface area contributed by atoms with Crippen LogP contribution in [0.5, 0.6) is 5.88 Å². The number of aryl methyl sites for hydroxylation is 1. The third-order valence-electron chi connectivity index (χ3n) is 4.92. The molecule has 3 N–H and O–H groups in total. The number of carbonyl (C=O) groups is 1. The number of likely N-dealkylation sites (tertiary alicyclic amines) is 1. The SMILES string of the molecule is CCc1nc2sc([C@H](c3ccco3)N3CCC(C(N)=O)CC3)c(O)n2n1. The summed E-state index contributed by atoms with van der Waals surface area (Å²) in [4.78, 5) is 19.5. The molecule has 1 aliphatic rings. The molecule has 1 fully saturated rings. The van der Waals surface area contributed by atoms with Gasteiger partial charge >= 0.3 is 0 Å². The summed E-state index contributed by atoms with van der Waals surface area (Å²) < 4.78 is 7.15. The normalized spacial score (nSPS) is 17.7. The van der Waals surface area contributed by atoms with Gasteiger partial charge in [-0.15, -0.1) is 5.10 Å². The molecule has 1 amide bonds. The van der Waals surface area contributed by atoms with Crippen molar-refractivity contribution in [3.8, 4) is 5.88 Å². The summed E-state index contributed by atoms with van der Waals surface area (Å²) in [5.41, 5.74) is 5.45. The Hall–Kier alpha value is -2.39. The van der Waals surface area contributed by atoms with E-state index >= 15 is 0 Å². The lowest BCUT2D eigenvalue weighted by atomic mass is 9.94. The van der Waals surface area contributed by atoms with Crippen LogP contribution in [0, 0.1) is 5.92 Å². The molecule has 3 aromatic heterocycles. The number of hydrogen-bond donors (Lipinski definition) is 2. The standard InChI is InChI=1S/C17H21N5O3S/c1-2-12-19-17-22(20-12)16(24)14(26-17)13(11-4-3-9-25-11)21-7-5-10(6-8-21)15(18)23/h3-4,9-10,13,24H,2,5-8H2,1H3,(H2,18,23)/t13-/m0/s1. The molecule has 1 atom stereocenters. The quantitative estimate of drug-likeness (QED) is 0.705. The van der Waals surface area contributed by atoms with E-state index in [0.29, 0.717) is 43.1 Å². The topological polar surface area (TPSA) is 110 Å². The van der Waals surface area contributed by atoms with Crippen LogP contribution in [-0.2, 0) is 11.2 Å². The molecule has 1 aliphatic heterocycles. The minimum atomic E-state index is -0.243. The fourth-order valence-electron chi connectivity index (χ4n) is 3.48. The van der Waals surface area contributed by atoms with E-state index in [-0.39, 0.29) is 23.7 Å². The van der Waals surface area contributed by atoms with Crippen molar-refractivity contribution in [3.05, 3.63) is 34.9 Å². The van der Waals surface area contributed by atoms with E-state index in [2.05, 4.69) is 15.0 Å². The second-order valence-electron chi connectivity index (χ2n) is 6.50. The molecule has 3 aromatic rings. The number of fused-ring (bicyclic) bond motifs is 1. The van der Waals surface area contributed by atoms with E-state index in [4.69, 9.17) is 10.2 Å². The minimum Gasteiger partial charge on any atom is -0.492 e. The molecule has 4 rings (SSSR count). The van der Waals surface area contributed by atoms with Gasteiger partial charge in [0, 0.05) is 12.3 Å². The van der Waals surface area contributed by atoms with E-state index in [1.54, 1.807) is 6.26 Å². The van der Waals surface area contributed by atoms with E-state index < -0.39 is 0 Å². The largest absolute Gasteiger partial charge is 0.492 e. The Morgan fingerprint density at radius 3 is 2.85 bits per heavy atom. The molecule has 0 saturated carbocycles. The maximum atomic E-state index is 11.5. The third kappa shape index (κ3) is 2.86. The smallest absolute Gasteiger partial charge is 0.230 e. The molecule has 0 aromatic carbocycles. The molecule has 0 unspecified atom stereocenters. The Morgan fingerprint density at radius 1 is 1.50 bits per heavy atom. The maximum absolute atomic E-state index is 11.5. The number of amides is 1. The molecule has 0 aliphatic carbocycles. The summed E-state index contributed by atoms with van der Waals surface area (Å²) in [5, 5.41) is 15.1. The molecule has 4 heterocycles. The zero-order valence-corrected chi connectivity index (χ0v) is 15.3. The number of rotatable bonds is 5. The highest BCUT2D eigenvalue weighted by molar-refractivity contribution is 7.17. The number of aromatic nitrogens is 3. The van der Waals surface area contributed by atoms with Crippen LogP contribution in [0.4, 0.5) is 0 Å². The van der Waals surface area contributed by atoms with Gasteiger partial charge in [-0.3, -0.25) is 9.69 Å². The fourth-order valence-corrected chi connectivity index (χ4v) is 4.60. The number of aromatic hydroxyl groups is 1. The third-order valence-corrected chi connectivity index (χ3v) is 5.99. The van der Waals surface area contributed by atoms with Crippen molar-refractivity contribution in [2.75, 3.05) is 13.1 Å². The Labute approximate surface area is 154 Å². The first-order valence-corrected chi connectivity index (χ1v) is 9.54. The van der Waals surface area contributed by atoms with Gasteiger partial charge in [-0.05, 0) is 38.1 Å². The van der Waals surface area contributed by atoms with E-state index in [9.17, 15) is 9.90 Å². The van der Waals surface area contributed by atoms with Crippen LogP contribution in [0.2, 0.25) is 0 Å². The molecule has 0 bridgehead atoms. The van der Waals surface area contributed by atoms with Crippen molar-refractivity contribution in [3.63, 3.8) is 0 Å². The number of primary amides is 1. The van der Waals surface area contributed by atoms with Crippen molar-refractivity contribution < 1.29 is 14.3 Å². The Kier molecular flexibility index (Phi) is 4.41. The summed E-state index contributed by atoms with van der Waals surface area (Å²) in [5.74, 6) is 1.21. The van der Waals surface area contributed by atoms with E-state index in [1.807, 2.05) is 19.1 Å². The first kappa shape index (κ1) is 17.0. The molecule has 26 heavy (non-hydrogen) atoms. The van der Waals surface area contributed by atoms with Gasteiger partial charge in [0.1, 0.15) is 11.8 Å². The number of nitrogens with zero attached hydrogens (tertiary/aromatic N) is 4. The van der Waals surface area contributed by atoms with Crippen molar-refractivity contribution in [2.45, 2.75) is 32.2 Å². The van der Waals surface area contributed by atoms with Crippen LogP contribution < -0.4 is 5.73 Å². The lowest BCUT2D eigenvalue weighted by molar-refractivity contribution is -0.123. The van der Waals surface area contributed by atoms with E-state index in [1.165, 1.54) is 15.9 Å². The van der Waals surface area contributed by atoms with Gasteiger partial charge in [-0.25, -0.2) is 4.98 Å². The number of nitrogens with two attached hydrogens (primary N) is 1. The summed E-state index contributed by atoms with van der Waals surface area (Å²) in [7, 11) is 0. The van der Waals surface area contributed by atoms with Gasteiger partial charge in [0.2, 0.25) is 16.7 Å². The van der Waals surface area contributed by atoms with Crippen LogP contribution in [0.15, 0.2) is 22.8 Å². The highest BCUT2D eigenvalue weighted by Crippen LogP contribution is 2.41. The Balaban J connectivity index is 1.70. The number of carbonyl (C=O) groups excluding carboxylic acids is 1. The lowest BCUT2D eigenvalue weighted by Gasteiger charge is -2.35. The van der Waals surface area contributed by atoms with Crippen molar-refractivity contribution >= 4 is 22.2 Å². The summed E-state index contributed by atoms with van der Waals surface area (Å²) in [6, 6.07) is 3.50. The zero-order chi connectivity index (χ0) is 18.3. The number of hydrogen-bond acceptors (Lipinski definition) is 7. The average molecular weight is 375 g/mol. The van der Waals surface area contributed by atoms with Gasteiger partial charge < -0.3 is 15.3 Å². The molecular formula is C17H21N5O3S. The lowest BCUT2D eigenvalue weighted by Crippen LogP contribution is -2.40. The molecule has 0 spiro atoms. The van der Waals surface area contributed by atoms with E-state index in [0.717, 1.165) is 10.6 Å². The molecular weight excluding hydrogens is 354 g/mol. The first-order chi connectivity index (χ1) is 12.6. The summed E-state index contributed by atoms with van der Waals surface area (Å²) >= 11 is 1.41. The second-order valence-corrected chi connectivity index (χ2v) is 7.51. The van der Waals surface area contributed by atoms with Gasteiger partial charge in [-0.2, -0.15) is 4.52 Å². The van der Waals surface area contributed by atoms with Gasteiger partial charge in [0.15, 0.2) is 5.82 Å². The molecule has 8 nitrogen and oxygen atoms in total. The van der Waals surface area contributed by atoms with Crippen LogP contribution in [-0.4, -0.2) is 43.6 Å². The highest BCUT2D eigenvalue weighted by Gasteiger charge is 2.34. The van der Waals surface area contributed by atoms with Crippen molar-refractivity contribution in [1.29, 1.82) is 0 Å². The van der Waals surface area contributed by atoms with Crippen LogP contribution in [0.25, 0.3) is 4.96 Å². The molecule has 9 heteroatoms. The predicted molar refractivity (Wildman–Crippen MR) is 95.9 cm³/mol. The number of furan rings is 1. The first-order valence-electron chi connectivity index (χ1n) is 8.72. The van der Waals surface area contributed by atoms with Gasteiger partial charge in [0.05, 0.1) is 11.1 Å². The summed E-state index contributed by atoms with van der Waals surface area (Å²) in [6.45, 7) is 3.38. The molecule has 0 radical (unpaired) electrons. The van der Waals surface area contributed by atoms with Crippen molar-refractivity contribution in [1.82, 2.24) is 19.5 Å². The van der Waals surface area contributed by atoms with Crippen molar-refractivity contribution in [2.24, 2.45) is 11.7 Å². The number of thiazole rings is 1. The summed E-state index contributed by atoms with van der Waals surface area (Å²) in [6.07, 6.45) is 3.75. The molecule has 1 saturated heterocycles. The highest BCUT2D eigenvalue weighted by atomic mass is 32.1. The monoisotopic (exact) mass is 375 g/mol. The predicted octanol–water partition coefficient (Wildman–Crippen LogP) is 1.94. The average Bonchev–Trinajstić information content (AvgIpc) is 3.35. The van der Waals surface area contributed by atoms with Crippen LogP contribution in [0.1, 0.15) is 42.3 Å². The second kappa shape index (κ2) is 6.73. The van der Waals surface area contributed by atoms with Crippen LogP contribution >= 0.6 is 11.3 Å².